The second kappa shape index (κ2) is 4.21. The van der Waals surface area contributed by atoms with Crippen LogP contribution in [0.25, 0.3) is 0 Å². The fraction of sp³-hybridized carbons (Fsp3) is 0.500. The maximum Gasteiger partial charge on any atom is 0.0541 e. The number of hydrogen-bond acceptors (Lipinski definition) is 2. The number of pyridine rings is 1. The number of aryl methyl sites for hydroxylation is 1. The van der Waals surface area contributed by atoms with Crippen LogP contribution < -0.4 is 5.32 Å². The van der Waals surface area contributed by atoms with Gasteiger partial charge in [-0.25, -0.2) is 0 Å². The number of nitrogens with one attached hydrogen (secondary N) is 1. The molecular formula is C10H16N2. The molecule has 2 nitrogen and oxygen atoms in total. The van der Waals surface area contributed by atoms with Crippen LogP contribution in [0.15, 0.2) is 18.3 Å². The molecule has 1 heterocycles. The highest BCUT2D eigenvalue weighted by Gasteiger charge is 1.94. The lowest BCUT2D eigenvalue weighted by atomic mass is 10.2. The van der Waals surface area contributed by atoms with E-state index in [4.69, 9.17) is 0 Å². The van der Waals surface area contributed by atoms with Crippen LogP contribution in [0.3, 0.4) is 0 Å². The van der Waals surface area contributed by atoms with Crippen molar-refractivity contribution in [2.24, 2.45) is 0 Å². The Morgan fingerprint density at radius 1 is 1.42 bits per heavy atom. The standard InChI is InChI=1S/C10H16N2/c1-8(2)11-7-10-5-4-9(3)6-12-10/h4-6,8,11H,7H2,1-3H3. The van der Waals surface area contributed by atoms with E-state index in [2.05, 4.69) is 36.3 Å². The van der Waals surface area contributed by atoms with Crippen LogP contribution in [-0.2, 0) is 6.54 Å². The van der Waals surface area contributed by atoms with Crippen molar-refractivity contribution < 1.29 is 0 Å². The Bertz CT molecular complexity index is 226. The summed E-state index contributed by atoms with van der Waals surface area (Å²) >= 11 is 0. The molecule has 12 heavy (non-hydrogen) atoms. The van der Waals surface area contributed by atoms with Gasteiger partial charge in [-0.2, -0.15) is 0 Å². The van der Waals surface area contributed by atoms with Crippen LogP contribution in [-0.4, -0.2) is 11.0 Å². The first-order valence-electron chi connectivity index (χ1n) is 4.33. The Hall–Kier alpha value is -0.890. The summed E-state index contributed by atoms with van der Waals surface area (Å²) in [6.45, 7) is 7.17. The summed E-state index contributed by atoms with van der Waals surface area (Å²) in [6.07, 6.45) is 1.90. The minimum atomic E-state index is 0.521. The van der Waals surface area contributed by atoms with E-state index in [1.54, 1.807) is 0 Å². The monoisotopic (exact) mass is 164 g/mol. The topological polar surface area (TPSA) is 24.9 Å². The molecule has 1 N–H and O–H groups in total. The normalized spacial score (nSPS) is 10.7. The van der Waals surface area contributed by atoms with Gasteiger partial charge in [-0.3, -0.25) is 4.98 Å². The van der Waals surface area contributed by atoms with Crippen molar-refractivity contribution in [3.05, 3.63) is 29.6 Å². The minimum absolute atomic E-state index is 0.521. The summed E-state index contributed by atoms with van der Waals surface area (Å²) in [5.74, 6) is 0. The molecule has 2 heteroatoms. The molecule has 1 rings (SSSR count). The maximum atomic E-state index is 4.29. The van der Waals surface area contributed by atoms with Crippen LogP contribution in [0, 0.1) is 6.92 Å². The van der Waals surface area contributed by atoms with E-state index in [9.17, 15) is 0 Å². The van der Waals surface area contributed by atoms with E-state index in [1.165, 1.54) is 5.56 Å². The molecule has 0 aliphatic carbocycles. The molecular weight excluding hydrogens is 148 g/mol. The molecule has 0 unspecified atom stereocenters. The highest BCUT2D eigenvalue weighted by molar-refractivity contribution is 5.11. The van der Waals surface area contributed by atoms with Crippen molar-refractivity contribution >= 4 is 0 Å². The highest BCUT2D eigenvalue weighted by atomic mass is 14.9. The van der Waals surface area contributed by atoms with Crippen LogP contribution in [0.5, 0.6) is 0 Å². The molecule has 0 saturated heterocycles. The van der Waals surface area contributed by atoms with Crippen LogP contribution in [0.4, 0.5) is 0 Å². The predicted octanol–water partition coefficient (Wildman–Crippen LogP) is 1.89. The van der Waals surface area contributed by atoms with Crippen LogP contribution in [0.1, 0.15) is 25.1 Å². The molecule has 0 aromatic carbocycles. The number of aromatic nitrogens is 1. The lowest BCUT2D eigenvalue weighted by Crippen LogP contribution is -2.22. The SMILES string of the molecule is Cc1ccc(CNC(C)C)nc1. The third kappa shape index (κ3) is 3.01. The first kappa shape index (κ1) is 9.20. The minimum Gasteiger partial charge on any atom is -0.309 e. The zero-order chi connectivity index (χ0) is 8.97. The fourth-order valence-corrected chi connectivity index (χ4v) is 0.912. The summed E-state index contributed by atoms with van der Waals surface area (Å²) < 4.78 is 0. The van der Waals surface area contributed by atoms with Gasteiger partial charge in [0.05, 0.1) is 5.69 Å². The second-order valence-corrected chi connectivity index (χ2v) is 3.36. The van der Waals surface area contributed by atoms with Crippen molar-refractivity contribution in [3.8, 4) is 0 Å². The average Bonchev–Trinajstić information content (AvgIpc) is 2.03. The smallest absolute Gasteiger partial charge is 0.0541 e. The Kier molecular flexibility index (Phi) is 3.23. The number of rotatable bonds is 3. The van der Waals surface area contributed by atoms with Gasteiger partial charge < -0.3 is 5.32 Å². The largest absolute Gasteiger partial charge is 0.309 e. The Morgan fingerprint density at radius 2 is 2.17 bits per heavy atom. The van der Waals surface area contributed by atoms with Gasteiger partial charge in [0.2, 0.25) is 0 Å². The van der Waals surface area contributed by atoms with Crippen molar-refractivity contribution in [3.63, 3.8) is 0 Å². The van der Waals surface area contributed by atoms with E-state index < -0.39 is 0 Å². The zero-order valence-electron chi connectivity index (χ0n) is 7.96. The molecule has 0 saturated carbocycles. The average molecular weight is 164 g/mol. The van der Waals surface area contributed by atoms with Crippen molar-refractivity contribution in [2.45, 2.75) is 33.4 Å². The molecule has 66 valence electrons. The first-order valence-corrected chi connectivity index (χ1v) is 4.33. The van der Waals surface area contributed by atoms with E-state index in [0.717, 1.165) is 12.2 Å². The van der Waals surface area contributed by atoms with Crippen molar-refractivity contribution in [1.82, 2.24) is 10.3 Å². The fourth-order valence-electron chi connectivity index (χ4n) is 0.912. The summed E-state index contributed by atoms with van der Waals surface area (Å²) in [5, 5.41) is 3.32. The molecule has 0 spiro atoms. The summed E-state index contributed by atoms with van der Waals surface area (Å²) in [4.78, 5) is 4.29. The van der Waals surface area contributed by atoms with Gasteiger partial charge >= 0.3 is 0 Å². The quantitative estimate of drug-likeness (QED) is 0.738. The predicted molar refractivity (Wildman–Crippen MR) is 50.9 cm³/mol. The Morgan fingerprint density at radius 3 is 2.67 bits per heavy atom. The van der Waals surface area contributed by atoms with Gasteiger partial charge in [-0.15, -0.1) is 0 Å². The van der Waals surface area contributed by atoms with Gasteiger partial charge in [0.25, 0.3) is 0 Å². The molecule has 1 aromatic rings. The van der Waals surface area contributed by atoms with E-state index in [-0.39, 0.29) is 0 Å². The number of nitrogens with zero attached hydrogens (tertiary/aromatic N) is 1. The highest BCUT2D eigenvalue weighted by Crippen LogP contribution is 1.98. The van der Waals surface area contributed by atoms with Crippen LogP contribution in [0.2, 0.25) is 0 Å². The first-order chi connectivity index (χ1) is 5.68. The molecule has 0 radical (unpaired) electrons. The summed E-state index contributed by atoms with van der Waals surface area (Å²) in [5.41, 5.74) is 2.32. The van der Waals surface area contributed by atoms with Gasteiger partial charge in [0.15, 0.2) is 0 Å². The Balaban J connectivity index is 2.48. The summed E-state index contributed by atoms with van der Waals surface area (Å²) in [7, 11) is 0. The molecule has 1 aromatic heterocycles. The third-order valence-electron chi connectivity index (χ3n) is 1.66. The van der Waals surface area contributed by atoms with E-state index >= 15 is 0 Å². The second-order valence-electron chi connectivity index (χ2n) is 3.36. The van der Waals surface area contributed by atoms with Crippen molar-refractivity contribution in [2.75, 3.05) is 0 Å². The number of hydrogen-bond donors (Lipinski definition) is 1. The maximum absolute atomic E-state index is 4.29. The van der Waals surface area contributed by atoms with Gasteiger partial charge in [-0.1, -0.05) is 19.9 Å². The van der Waals surface area contributed by atoms with Crippen molar-refractivity contribution in [1.29, 1.82) is 0 Å². The van der Waals surface area contributed by atoms with Crippen LogP contribution >= 0.6 is 0 Å². The zero-order valence-corrected chi connectivity index (χ0v) is 7.96. The molecule has 0 atom stereocenters. The lowest BCUT2D eigenvalue weighted by molar-refractivity contribution is 0.581. The van der Waals surface area contributed by atoms with Gasteiger partial charge in [-0.05, 0) is 18.6 Å². The Labute approximate surface area is 74.0 Å². The molecule has 0 fully saturated rings. The molecule has 0 bridgehead atoms. The molecule has 0 aliphatic heterocycles. The van der Waals surface area contributed by atoms with Gasteiger partial charge in [0, 0.05) is 18.8 Å². The van der Waals surface area contributed by atoms with E-state index in [1.807, 2.05) is 13.1 Å². The van der Waals surface area contributed by atoms with Gasteiger partial charge in [0.1, 0.15) is 0 Å². The molecule has 0 amide bonds. The molecule has 0 aliphatic rings. The third-order valence-corrected chi connectivity index (χ3v) is 1.66. The van der Waals surface area contributed by atoms with E-state index in [0.29, 0.717) is 6.04 Å². The lowest BCUT2D eigenvalue weighted by Gasteiger charge is -2.06. The summed E-state index contributed by atoms with van der Waals surface area (Å²) in [6, 6.07) is 4.67.